The van der Waals surface area contributed by atoms with Crippen molar-refractivity contribution in [2.75, 3.05) is 33.2 Å². The Balaban J connectivity index is 0.00000243. The smallest absolute Gasteiger partial charge is 0.243 e. The number of nitrogens with zero attached hydrogens (tertiary/aromatic N) is 2. The summed E-state index contributed by atoms with van der Waals surface area (Å²) in [5.74, 6) is 2.14. The van der Waals surface area contributed by atoms with Gasteiger partial charge in [-0.1, -0.05) is 18.2 Å². The Bertz CT molecular complexity index is 684. The number of halogens is 1. The minimum atomic E-state index is -3.36. The Kier molecular flexibility index (Phi) is 8.15. The number of aliphatic imine (C=N–C) groups is 1. The molecule has 2 aliphatic rings. The van der Waals surface area contributed by atoms with E-state index in [1.54, 1.807) is 35.6 Å². The highest BCUT2D eigenvalue weighted by Gasteiger charge is 2.29. The Labute approximate surface area is 173 Å². The first-order chi connectivity index (χ1) is 12.1. The van der Waals surface area contributed by atoms with Crippen molar-refractivity contribution in [3.63, 3.8) is 0 Å². The highest BCUT2D eigenvalue weighted by molar-refractivity contribution is 14.0. The molecule has 2 fully saturated rings. The molecule has 1 aromatic rings. The van der Waals surface area contributed by atoms with E-state index in [4.69, 9.17) is 0 Å². The molecule has 6 nitrogen and oxygen atoms in total. The van der Waals surface area contributed by atoms with Gasteiger partial charge in [-0.2, -0.15) is 4.31 Å². The Morgan fingerprint density at radius 2 is 1.58 bits per heavy atom. The van der Waals surface area contributed by atoms with E-state index < -0.39 is 10.0 Å². The minimum absolute atomic E-state index is 0. The number of hydrogen-bond acceptors (Lipinski definition) is 3. The molecular weight excluding hydrogens is 463 g/mol. The van der Waals surface area contributed by atoms with Crippen LogP contribution in [0.1, 0.15) is 25.7 Å². The molecule has 1 aliphatic carbocycles. The number of rotatable bonds is 6. The van der Waals surface area contributed by atoms with Crippen molar-refractivity contribution >= 4 is 40.0 Å². The average Bonchev–Trinajstić information content (AvgIpc) is 3.47. The highest BCUT2D eigenvalue weighted by atomic mass is 127. The fraction of sp³-hybridized carbons (Fsp3) is 0.611. The topological polar surface area (TPSA) is 73.8 Å². The van der Waals surface area contributed by atoms with Crippen LogP contribution in [0.25, 0.3) is 0 Å². The number of nitrogens with one attached hydrogen (secondary N) is 2. The van der Waals surface area contributed by atoms with Crippen LogP contribution < -0.4 is 10.6 Å². The summed E-state index contributed by atoms with van der Waals surface area (Å²) in [5, 5.41) is 6.74. The molecule has 1 aromatic carbocycles. The molecule has 0 spiro atoms. The van der Waals surface area contributed by atoms with Crippen LogP contribution >= 0.6 is 24.0 Å². The van der Waals surface area contributed by atoms with Crippen molar-refractivity contribution in [1.29, 1.82) is 0 Å². The summed E-state index contributed by atoms with van der Waals surface area (Å²) in [5.41, 5.74) is 0. The number of benzene rings is 1. The molecule has 0 atom stereocenters. The summed E-state index contributed by atoms with van der Waals surface area (Å²) in [4.78, 5) is 4.64. The molecule has 26 heavy (non-hydrogen) atoms. The van der Waals surface area contributed by atoms with Crippen molar-refractivity contribution in [2.45, 2.75) is 30.6 Å². The number of sulfonamides is 1. The van der Waals surface area contributed by atoms with Gasteiger partial charge < -0.3 is 10.6 Å². The molecule has 1 aliphatic heterocycles. The van der Waals surface area contributed by atoms with Gasteiger partial charge in [0.25, 0.3) is 0 Å². The maximum atomic E-state index is 12.6. The van der Waals surface area contributed by atoms with Crippen molar-refractivity contribution in [3.8, 4) is 0 Å². The Morgan fingerprint density at radius 3 is 2.08 bits per heavy atom. The summed E-state index contributed by atoms with van der Waals surface area (Å²) >= 11 is 0. The van der Waals surface area contributed by atoms with Crippen LogP contribution in [0.4, 0.5) is 0 Å². The predicted molar refractivity (Wildman–Crippen MR) is 115 cm³/mol. The zero-order valence-corrected chi connectivity index (χ0v) is 18.4. The van der Waals surface area contributed by atoms with Crippen LogP contribution in [0.3, 0.4) is 0 Å². The summed E-state index contributed by atoms with van der Waals surface area (Å²) in [6, 6.07) is 8.70. The lowest BCUT2D eigenvalue weighted by atomic mass is 9.98. The molecule has 1 heterocycles. The van der Waals surface area contributed by atoms with Gasteiger partial charge in [0.15, 0.2) is 5.96 Å². The fourth-order valence-electron chi connectivity index (χ4n) is 3.12. The predicted octanol–water partition coefficient (Wildman–Crippen LogP) is 2.28. The maximum absolute atomic E-state index is 12.6. The second-order valence-electron chi connectivity index (χ2n) is 6.94. The van der Waals surface area contributed by atoms with Crippen molar-refractivity contribution in [2.24, 2.45) is 16.8 Å². The molecule has 1 saturated carbocycles. The van der Waals surface area contributed by atoms with Gasteiger partial charge in [-0.25, -0.2) is 8.42 Å². The zero-order valence-electron chi connectivity index (χ0n) is 15.2. The molecule has 0 unspecified atom stereocenters. The third-order valence-corrected chi connectivity index (χ3v) is 6.90. The standard InChI is InChI=1S/C18H28N4O2S.HI/c1-19-18(20-13-15-7-8-15)21-14-16-9-11-22(12-10-16)25(23,24)17-5-3-2-4-6-17;/h2-6,15-16H,7-14H2,1H3,(H2,19,20,21);1H. The second-order valence-corrected chi connectivity index (χ2v) is 8.88. The van der Waals surface area contributed by atoms with Gasteiger partial charge in [0.2, 0.25) is 10.0 Å². The first-order valence-electron chi connectivity index (χ1n) is 9.09. The maximum Gasteiger partial charge on any atom is 0.243 e. The lowest BCUT2D eigenvalue weighted by molar-refractivity contribution is 0.273. The molecule has 8 heteroatoms. The molecule has 0 amide bonds. The van der Waals surface area contributed by atoms with Crippen LogP contribution in [0.2, 0.25) is 0 Å². The summed E-state index contributed by atoms with van der Waals surface area (Å²) in [7, 11) is -1.57. The van der Waals surface area contributed by atoms with Crippen LogP contribution in [0.15, 0.2) is 40.2 Å². The lowest BCUT2D eigenvalue weighted by Gasteiger charge is -2.31. The molecule has 0 bridgehead atoms. The minimum Gasteiger partial charge on any atom is -0.356 e. The molecule has 0 radical (unpaired) electrons. The Morgan fingerprint density at radius 1 is 1.04 bits per heavy atom. The van der Waals surface area contributed by atoms with Crippen LogP contribution in [0.5, 0.6) is 0 Å². The fourth-order valence-corrected chi connectivity index (χ4v) is 4.61. The number of piperidine rings is 1. The Hall–Kier alpha value is -0.870. The van der Waals surface area contributed by atoms with E-state index in [2.05, 4.69) is 15.6 Å². The molecular formula is C18H29IN4O2S. The first-order valence-corrected chi connectivity index (χ1v) is 10.5. The third kappa shape index (κ3) is 5.82. The first kappa shape index (κ1) is 21.4. The van der Waals surface area contributed by atoms with E-state index in [-0.39, 0.29) is 24.0 Å². The van der Waals surface area contributed by atoms with E-state index in [0.717, 1.165) is 37.8 Å². The van der Waals surface area contributed by atoms with Crippen LogP contribution in [-0.2, 0) is 10.0 Å². The average molecular weight is 492 g/mol. The quantitative estimate of drug-likeness (QED) is 0.363. The van der Waals surface area contributed by atoms with Gasteiger partial charge in [0.1, 0.15) is 0 Å². The zero-order chi connectivity index (χ0) is 17.7. The van der Waals surface area contributed by atoms with E-state index >= 15 is 0 Å². The summed E-state index contributed by atoms with van der Waals surface area (Å²) in [6.07, 6.45) is 4.38. The van der Waals surface area contributed by atoms with Gasteiger partial charge in [-0.05, 0) is 49.7 Å². The van der Waals surface area contributed by atoms with Gasteiger partial charge in [-0.15, -0.1) is 24.0 Å². The van der Waals surface area contributed by atoms with Crippen LogP contribution in [0, 0.1) is 11.8 Å². The van der Waals surface area contributed by atoms with Crippen molar-refractivity contribution < 1.29 is 8.42 Å². The number of guanidine groups is 1. The van der Waals surface area contributed by atoms with Crippen molar-refractivity contribution in [3.05, 3.63) is 30.3 Å². The normalized spacial score (nSPS) is 19.7. The SMILES string of the molecule is CN=C(NCC1CC1)NCC1CCN(S(=O)(=O)c2ccccc2)CC1.I. The largest absolute Gasteiger partial charge is 0.356 e. The van der Waals surface area contributed by atoms with Crippen molar-refractivity contribution in [1.82, 2.24) is 14.9 Å². The molecule has 3 rings (SSSR count). The summed E-state index contributed by atoms with van der Waals surface area (Å²) < 4.78 is 26.9. The third-order valence-electron chi connectivity index (χ3n) is 4.99. The molecule has 1 saturated heterocycles. The summed E-state index contributed by atoms with van der Waals surface area (Å²) in [6.45, 7) is 2.99. The second kappa shape index (κ2) is 9.89. The molecule has 2 N–H and O–H groups in total. The van der Waals surface area contributed by atoms with E-state index in [1.165, 1.54) is 12.8 Å². The molecule has 0 aromatic heterocycles. The lowest BCUT2D eigenvalue weighted by Crippen LogP contribution is -2.44. The number of hydrogen-bond donors (Lipinski definition) is 2. The van der Waals surface area contributed by atoms with E-state index in [1.807, 2.05) is 6.07 Å². The van der Waals surface area contributed by atoms with Gasteiger partial charge in [0.05, 0.1) is 4.90 Å². The van der Waals surface area contributed by atoms with Gasteiger partial charge in [-0.3, -0.25) is 4.99 Å². The van der Waals surface area contributed by atoms with E-state index in [0.29, 0.717) is 23.9 Å². The monoisotopic (exact) mass is 492 g/mol. The van der Waals surface area contributed by atoms with Gasteiger partial charge >= 0.3 is 0 Å². The highest BCUT2D eigenvalue weighted by Crippen LogP contribution is 2.27. The van der Waals surface area contributed by atoms with Crippen LogP contribution in [-0.4, -0.2) is 51.9 Å². The molecule has 146 valence electrons. The van der Waals surface area contributed by atoms with Gasteiger partial charge in [0, 0.05) is 33.2 Å². The van der Waals surface area contributed by atoms with E-state index in [9.17, 15) is 8.42 Å².